The van der Waals surface area contributed by atoms with Crippen LogP contribution in [0.1, 0.15) is 15.9 Å². The smallest absolute Gasteiger partial charge is 0.341 e. The van der Waals surface area contributed by atoms with Gasteiger partial charge in [-0.15, -0.1) is 0 Å². The molecule has 0 spiro atoms. The van der Waals surface area contributed by atoms with Crippen molar-refractivity contribution in [2.24, 2.45) is 0 Å². The molecule has 0 unspecified atom stereocenters. The third-order valence-corrected chi connectivity index (χ3v) is 3.72. The minimum Gasteiger partial charge on any atom is -0.452 e. The van der Waals surface area contributed by atoms with Crippen molar-refractivity contribution in [2.45, 2.75) is 6.54 Å². The van der Waals surface area contributed by atoms with Crippen LogP contribution >= 0.6 is 0 Å². The topological polar surface area (TPSA) is 120 Å². The average Bonchev–Trinajstić information content (AvgIpc) is 2.71. The summed E-state index contributed by atoms with van der Waals surface area (Å²) in [5.74, 6) is -1.32. The summed E-state index contributed by atoms with van der Waals surface area (Å²) in [6, 6.07) is 13.3. The van der Waals surface area contributed by atoms with Crippen molar-refractivity contribution in [1.29, 1.82) is 0 Å². The van der Waals surface area contributed by atoms with E-state index in [1.54, 1.807) is 0 Å². The van der Waals surface area contributed by atoms with Gasteiger partial charge >= 0.3 is 5.97 Å². The molecule has 0 aromatic heterocycles. The molecule has 0 heterocycles. The molecular weight excluding hydrogens is 366 g/mol. The number of carbonyl (C=O) groups excluding carboxylic acids is 2. The molecule has 0 bridgehead atoms. The Balaban J connectivity index is 2.08. The van der Waals surface area contributed by atoms with E-state index >= 15 is 0 Å². The number of hydrogen-bond donors (Lipinski definition) is 2. The molecule has 1 amide bonds. The van der Waals surface area contributed by atoms with Gasteiger partial charge in [0, 0.05) is 38.0 Å². The van der Waals surface area contributed by atoms with Gasteiger partial charge < -0.3 is 20.1 Å². The first-order valence-electron chi connectivity index (χ1n) is 8.50. The first-order valence-corrected chi connectivity index (χ1v) is 8.50. The third kappa shape index (κ3) is 6.36. The fourth-order valence-electron chi connectivity index (χ4n) is 2.31. The lowest BCUT2D eigenvalue weighted by Gasteiger charge is -2.12. The summed E-state index contributed by atoms with van der Waals surface area (Å²) < 4.78 is 9.80. The van der Waals surface area contributed by atoms with Crippen LogP contribution in [0.4, 0.5) is 11.4 Å². The lowest BCUT2D eigenvalue weighted by molar-refractivity contribution is -0.384. The molecule has 0 aliphatic heterocycles. The molecule has 2 aromatic carbocycles. The lowest BCUT2D eigenvalue weighted by atomic mass is 10.1. The Morgan fingerprint density at radius 3 is 2.57 bits per heavy atom. The van der Waals surface area contributed by atoms with E-state index in [2.05, 4.69) is 10.6 Å². The van der Waals surface area contributed by atoms with E-state index in [1.807, 2.05) is 30.3 Å². The van der Waals surface area contributed by atoms with Gasteiger partial charge in [0.05, 0.1) is 17.1 Å². The van der Waals surface area contributed by atoms with Gasteiger partial charge in [-0.2, -0.15) is 0 Å². The number of carbonyl (C=O) groups is 2. The second-order valence-electron chi connectivity index (χ2n) is 5.75. The molecule has 0 saturated carbocycles. The molecule has 0 radical (unpaired) electrons. The minimum absolute atomic E-state index is 0.0187. The van der Waals surface area contributed by atoms with E-state index in [9.17, 15) is 19.7 Å². The van der Waals surface area contributed by atoms with Crippen molar-refractivity contribution in [3.63, 3.8) is 0 Å². The molecule has 2 N–H and O–H groups in total. The van der Waals surface area contributed by atoms with E-state index in [0.717, 1.165) is 11.6 Å². The Labute approximate surface area is 161 Å². The van der Waals surface area contributed by atoms with Gasteiger partial charge in [0.15, 0.2) is 6.61 Å². The zero-order chi connectivity index (χ0) is 20.4. The summed E-state index contributed by atoms with van der Waals surface area (Å²) in [5.41, 5.74) is 1.08. The average molecular weight is 387 g/mol. The Morgan fingerprint density at radius 1 is 1.14 bits per heavy atom. The van der Waals surface area contributed by atoms with Gasteiger partial charge in [-0.25, -0.2) is 4.79 Å². The summed E-state index contributed by atoms with van der Waals surface area (Å²) in [4.78, 5) is 34.5. The number of nitro groups is 1. The zero-order valence-electron chi connectivity index (χ0n) is 15.3. The van der Waals surface area contributed by atoms with Gasteiger partial charge in [-0.05, 0) is 11.6 Å². The van der Waals surface area contributed by atoms with Crippen LogP contribution in [-0.4, -0.2) is 43.7 Å². The van der Waals surface area contributed by atoms with Crippen molar-refractivity contribution in [3.05, 3.63) is 69.8 Å². The molecule has 9 nitrogen and oxygen atoms in total. The molecule has 0 aliphatic rings. The van der Waals surface area contributed by atoms with Crippen LogP contribution in [0.25, 0.3) is 0 Å². The van der Waals surface area contributed by atoms with Crippen LogP contribution in [0.15, 0.2) is 48.5 Å². The second kappa shape index (κ2) is 10.6. The summed E-state index contributed by atoms with van der Waals surface area (Å²) >= 11 is 0. The number of methoxy groups -OCH3 is 1. The van der Waals surface area contributed by atoms with Crippen LogP contribution < -0.4 is 10.6 Å². The van der Waals surface area contributed by atoms with Crippen molar-refractivity contribution in [1.82, 2.24) is 5.32 Å². The van der Waals surface area contributed by atoms with Crippen molar-refractivity contribution in [3.8, 4) is 0 Å². The predicted molar refractivity (Wildman–Crippen MR) is 102 cm³/mol. The highest BCUT2D eigenvalue weighted by molar-refractivity contribution is 5.97. The molecule has 28 heavy (non-hydrogen) atoms. The molecule has 0 saturated heterocycles. The Bertz CT molecular complexity index is 826. The monoisotopic (exact) mass is 387 g/mol. The number of nitrogens with one attached hydrogen (secondary N) is 2. The number of ether oxygens (including phenoxy) is 2. The molecule has 0 fully saturated rings. The Kier molecular flexibility index (Phi) is 7.92. The van der Waals surface area contributed by atoms with Crippen molar-refractivity contribution >= 4 is 23.3 Å². The van der Waals surface area contributed by atoms with E-state index in [1.165, 1.54) is 19.2 Å². The lowest BCUT2D eigenvalue weighted by Crippen LogP contribution is -2.31. The van der Waals surface area contributed by atoms with Gasteiger partial charge in [0.2, 0.25) is 0 Å². The molecule has 2 rings (SSSR count). The maximum Gasteiger partial charge on any atom is 0.341 e. The molecule has 9 heteroatoms. The van der Waals surface area contributed by atoms with E-state index < -0.39 is 23.4 Å². The van der Waals surface area contributed by atoms with Crippen molar-refractivity contribution < 1.29 is 24.0 Å². The van der Waals surface area contributed by atoms with E-state index in [-0.39, 0.29) is 17.8 Å². The largest absolute Gasteiger partial charge is 0.452 e. The van der Waals surface area contributed by atoms with Gasteiger partial charge in [-0.3, -0.25) is 14.9 Å². The highest BCUT2D eigenvalue weighted by Crippen LogP contribution is 2.23. The summed E-state index contributed by atoms with van der Waals surface area (Å²) in [5, 5.41) is 16.6. The standard InChI is InChI=1S/C19H21N3O6/c1-27-10-9-20-18(23)13-28-19(24)16-11-15(22(25)26)7-8-17(16)21-12-14-5-3-2-4-6-14/h2-8,11,21H,9-10,12-13H2,1H3,(H,20,23). The molecule has 2 aromatic rings. The number of nitro benzene ring substituents is 1. The first kappa shape index (κ1) is 20.8. The van der Waals surface area contributed by atoms with Crippen molar-refractivity contribution in [2.75, 3.05) is 32.2 Å². The summed E-state index contributed by atoms with van der Waals surface area (Å²) in [6.07, 6.45) is 0. The SMILES string of the molecule is COCCNC(=O)COC(=O)c1cc([N+](=O)[O-])ccc1NCc1ccccc1. The minimum atomic E-state index is -0.832. The Hall–Kier alpha value is -3.46. The Morgan fingerprint density at radius 2 is 1.89 bits per heavy atom. The fraction of sp³-hybridized carbons (Fsp3) is 0.263. The second-order valence-corrected chi connectivity index (χ2v) is 5.75. The number of nitrogens with zero attached hydrogens (tertiary/aromatic N) is 1. The summed E-state index contributed by atoms with van der Waals surface area (Å²) in [6.45, 7) is 0.533. The number of non-ortho nitro benzene ring substituents is 1. The number of benzene rings is 2. The number of esters is 1. The van der Waals surface area contributed by atoms with Crippen LogP contribution in [-0.2, 0) is 20.8 Å². The number of hydrogen-bond acceptors (Lipinski definition) is 7. The van der Waals surface area contributed by atoms with Crippen LogP contribution in [0, 0.1) is 10.1 Å². The van der Waals surface area contributed by atoms with Crippen LogP contribution in [0.5, 0.6) is 0 Å². The number of amides is 1. The van der Waals surface area contributed by atoms with Gasteiger partial charge in [0.25, 0.3) is 11.6 Å². The summed E-state index contributed by atoms with van der Waals surface area (Å²) in [7, 11) is 1.50. The number of anilines is 1. The van der Waals surface area contributed by atoms with Crippen LogP contribution in [0.3, 0.4) is 0 Å². The first-order chi connectivity index (χ1) is 13.5. The molecular formula is C19H21N3O6. The van der Waals surface area contributed by atoms with Gasteiger partial charge in [-0.1, -0.05) is 30.3 Å². The molecule has 0 aliphatic carbocycles. The fourth-order valence-corrected chi connectivity index (χ4v) is 2.31. The quantitative estimate of drug-likeness (QED) is 0.277. The maximum atomic E-state index is 12.4. The maximum absolute atomic E-state index is 12.4. The predicted octanol–water partition coefficient (Wildman–Crippen LogP) is 2.13. The van der Waals surface area contributed by atoms with Gasteiger partial charge in [0.1, 0.15) is 0 Å². The molecule has 0 atom stereocenters. The highest BCUT2D eigenvalue weighted by atomic mass is 16.6. The highest BCUT2D eigenvalue weighted by Gasteiger charge is 2.19. The normalized spacial score (nSPS) is 10.2. The van der Waals surface area contributed by atoms with E-state index in [4.69, 9.17) is 9.47 Å². The number of rotatable bonds is 10. The van der Waals surface area contributed by atoms with Crippen LogP contribution in [0.2, 0.25) is 0 Å². The zero-order valence-corrected chi connectivity index (χ0v) is 15.3. The van der Waals surface area contributed by atoms with E-state index in [0.29, 0.717) is 18.8 Å². The third-order valence-electron chi connectivity index (χ3n) is 3.72. The molecule has 148 valence electrons.